The topological polar surface area (TPSA) is 53.4 Å². The van der Waals surface area contributed by atoms with Gasteiger partial charge in [0.1, 0.15) is 16.6 Å². The lowest BCUT2D eigenvalue weighted by Crippen LogP contribution is -2.21. The molecule has 0 bridgehead atoms. The fourth-order valence-electron chi connectivity index (χ4n) is 1.54. The lowest BCUT2D eigenvalue weighted by Gasteiger charge is -2.11. The number of ether oxygens (including phenoxy) is 2. The second kappa shape index (κ2) is 5.27. The van der Waals surface area contributed by atoms with E-state index in [4.69, 9.17) is 21.1 Å². The summed E-state index contributed by atoms with van der Waals surface area (Å²) in [7, 11) is 2.74. The highest BCUT2D eigenvalue weighted by molar-refractivity contribution is 6.29. The largest absolute Gasteiger partial charge is 0.497 e. The van der Waals surface area contributed by atoms with Crippen LogP contribution in [-0.4, -0.2) is 24.0 Å². The van der Waals surface area contributed by atoms with E-state index < -0.39 is 11.4 Å². The second-order valence-corrected chi connectivity index (χ2v) is 3.96. The predicted octanol–water partition coefficient (Wildman–Crippen LogP) is 2.04. The van der Waals surface area contributed by atoms with E-state index >= 15 is 0 Å². The van der Waals surface area contributed by atoms with Gasteiger partial charge in [0.2, 0.25) is 0 Å². The van der Waals surface area contributed by atoms with Crippen LogP contribution in [0.25, 0.3) is 5.69 Å². The SMILES string of the molecule is COc1cc(OC)c(F)c(-n2nc(Cl)ccc2=O)c1. The van der Waals surface area contributed by atoms with Crippen LogP contribution >= 0.6 is 11.6 Å². The molecule has 100 valence electrons. The summed E-state index contributed by atoms with van der Waals surface area (Å²) in [6, 6.07) is 5.23. The third-order valence-corrected chi connectivity index (χ3v) is 2.65. The fourth-order valence-corrected chi connectivity index (χ4v) is 1.68. The van der Waals surface area contributed by atoms with Crippen LogP contribution in [0.4, 0.5) is 4.39 Å². The van der Waals surface area contributed by atoms with Crippen molar-refractivity contribution in [2.45, 2.75) is 0 Å². The Morgan fingerprint density at radius 3 is 2.63 bits per heavy atom. The summed E-state index contributed by atoms with van der Waals surface area (Å²) in [5.74, 6) is -0.440. The molecule has 0 spiro atoms. The summed E-state index contributed by atoms with van der Waals surface area (Å²) < 4.78 is 24.9. The normalized spacial score (nSPS) is 10.3. The standard InChI is InChI=1S/C12H10ClFN2O3/c1-18-7-5-8(12(14)9(6-7)19-2)16-11(17)4-3-10(13)15-16/h3-6H,1-2H3. The molecule has 0 aliphatic heterocycles. The minimum Gasteiger partial charge on any atom is -0.497 e. The maximum absolute atomic E-state index is 14.2. The minimum atomic E-state index is -0.722. The van der Waals surface area contributed by atoms with E-state index in [2.05, 4.69) is 5.10 Å². The Bertz CT molecular complexity index is 673. The number of rotatable bonds is 3. The lowest BCUT2D eigenvalue weighted by molar-refractivity contribution is 0.372. The third-order valence-electron chi connectivity index (χ3n) is 2.45. The molecule has 5 nitrogen and oxygen atoms in total. The molecular weight excluding hydrogens is 275 g/mol. The zero-order chi connectivity index (χ0) is 14.0. The number of nitrogens with zero attached hydrogens (tertiary/aromatic N) is 2. The van der Waals surface area contributed by atoms with Crippen molar-refractivity contribution in [1.29, 1.82) is 0 Å². The van der Waals surface area contributed by atoms with Gasteiger partial charge in [0.25, 0.3) is 5.56 Å². The van der Waals surface area contributed by atoms with Gasteiger partial charge in [-0.05, 0) is 6.07 Å². The maximum atomic E-state index is 14.2. The second-order valence-electron chi connectivity index (χ2n) is 3.57. The van der Waals surface area contributed by atoms with Gasteiger partial charge < -0.3 is 9.47 Å². The molecule has 0 aliphatic carbocycles. The van der Waals surface area contributed by atoms with Gasteiger partial charge in [-0.25, -0.2) is 4.39 Å². The molecule has 2 aromatic rings. The van der Waals surface area contributed by atoms with E-state index in [1.54, 1.807) is 0 Å². The maximum Gasteiger partial charge on any atom is 0.271 e. The highest BCUT2D eigenvalue weighted by atomic mass is 35.5. The molecule has 1 aromatic carbocycles. The Balaban J connectivity index is 2.73. The van der Waals surface area contributed by atoms with Crippen molar-refractivity contribution in [2.24, 2.45) is 0 Å². The minimum absolute atomic E-state index is 0.0528. The first-order valence-electron chi connectivity index (χ1n) is 5.24. The van der Waals surface area contributed by atoms with Gasteiger partial charge in [0, 0.05) is 18.2 Å². The van der Waals surface area contributed by atoms with Gasteiger partial charge in [-0.3, -0.25) is 4.79 Å². The summed E-state index contributed by atoms with van der Waals surface area (Å²) in [5, 5.41) is 3.84. The highest BCUT2D eigenvalue weighted by Gasteiger charge is 2.15. The fraction of sp³-hybridized carbons (Fsp3) is 0.167. The molecule has 0 atom stereocenters. The van der Waals surface area contributed by atoms with E-state index in [1.807, 2.05) is 0 Å². The molecule has 0 saturated heterocycles. The summed E-state index contributed by atoms with van der Waals surface area (Å²) in [6.07, 6.45) is 0. The van der Waals surface area contributed by atoms with E-state index in [0.717, 1.165) is 4.68 Å². The van der Waals surface area contributed by atoms with Crippen LogP contribution in [-0.2, 0) is 0 Å². The highest BCUT2D eigenvalue weighted by Crippen LogP contribution is 2.28. The molecule has 19 heavy (non-hydrogen) atoms. The van der Waals surface area contributed by atoms with E-state index in [-0.39, 0.29) is 16.6 Å². The Kier molecular flexibility index (Phi) is 3.71. The van der Waals surface area contributed by atoms with Crippen molar-refractivity contribution < 1.29 is 13.9 Å². The van der Waals surface area contributed by atoms with E-state index in [9.17, 15) is 9.18 Å². The number of hydrogen-bond donors (Lipinski definition) is 0. The number of methoxy groups -OCH3 is 2. The molecule has 0 unspecified atom stereocenters. The number of hydrogen-bond acceptors (Lipinski definition) is 4. The Morgan fingerprint density at radius 1 is 1.26 bits per heavy atom. The van der Waals surface area contributed by atoms with Crippen LogP contribution in [0, 0.1) is 5.82 Å². The molecule has 0 amide bonds. The van der Waals surface area contributed by atoms with E-state index in [0.29, 0.717) is 5.75 Å². The monoisotopic (exact) mass is 284 g/mol. The number of aromatic nitrogens is 2. The molecule has 0 radical (unpaired) electrons. The third kappa shape index (κ3) is 2.53. The smallest absolute Gasteiger partial charge is 0.271 e. The van der Waals surface area contributed by atoms with Crippen LogP contribution in [0.3, 0.4) is 0 Å². The first-order valence-corrected chi connectivity index (χ1v) is 5.62. The molecule has 1 aromatic heterocycles. The van der Waals surface area contributed by atoms with Gasteiger partial charge in [0.15, 0.2) is 11.6 Å². The zero-order valence-corrected chi connectivity index (χ0v) is 10.9. The predicted molar refractivity (Wildman–Crippen MR) is 67.9 cm³/mol. The Hall–Kier alpha value is -2.08. The number of halogens is 2. The quantitative estimate of drug-likeness (QED) is 0.865. The zero-order valence-electron chi connectivity index (χ0n) is 10.2. The average Bonchev–Trinajstić information content (AvgIpc) is 2.42. The van der Waals surface area contributed by atoms with Gasteiger partial charge in [0.05, 0.1) is 14.2 Å². The van der Waals surface area contributed by atoms with Crippen molar-refractivity contribution in [3.8, 4) is 17.2 Å². The van der Waals surface area contributed by atoms with Crippen molar-refractivity contribution in [3.05, 3.63) is 45.6 Å². The Labute approximate surface area is 113 Å². The summed E-state index contributed by atoms with van der Waals surface area (Å²) in [5.41, 5.74) is -0.609. The van der Waals surface area contributed by atoms with Crippen LogP contribution in [0.15, 0.2) is 29.1 Å². The molecule has 0 fully saturated rings. The van der Waals surface area contributed by atoms with Crippen LogP contribution in [0.2, 0.25) is 5.15 Å². The molecule has 0 aliphatic rings. The summed E-state index contributed by atoms with van der Waals surface area (Å²) >= 11 is 5.71. The van der Waals surface area contributed by atoms with E-state index in [1.165, 1.54) is 38.5 Å². The van der Waals surface area contributed by atoms with Crippen molar-refractivity contribution in [1.82, 2.24) is 9.78 Å². The summed E-state index contributed by atoms with van der Waals surface area (Å²) in [4.78, 5) is 11.7. The van der Waals surface area contributed by atoms with Gasteiger partial charge >= 0.3 is 0 Å². The number of benzene rings is 1. The first kappa shape index (κ1) is 13.4. The average molecular weight is 285 g/mol. The van der Waals surface area contributed by atoms with Crippen LogP contribution in [0.5, 0.6) is 11.5 Å². The van der Waals surface area contributed by atoms with Crippen molar-refractivity contribution >= 4 is 11.6 Å². The van der Waals surface area contributed by atoms with Gasteiger partial charge in [-0.2, -0.15) is 9.78 Å². The molecule has 2 rings (SSSR count). The molecule has 0 saturated carbocycles. The van der Waals surface area contributed by atoms with Crippen molar-refractivity contribution in [3.63, 3.8) is 0 Å². The molecule has 0 N–H and O–H groups in total. The molecule has 7 heteroatoms. The van der Waals surface area contributed by atoms with Crippen LogP contribution < -0.4 is 15.0 Å². The van der Waals surface area contributed by atoms with Crippen LogP contribution in [0.1, 0.15) is 0 Å². The van der Waals surface area contributed by atoms with Crippen molar-refractivity contribution in [2.75, 3.05) is 14.2 Å². The lowest BCUT2D eigenvalue weighted by atomic mass is 10.2. The molecule has 1 heterocycles. The molecular formula is C12H10ClFN2O3. The Morgan fingerprint density at radius 2 is 2.00 bits per heavy atom. The summed E-state index contributed by atoms with van der Waals surface area (Å²) in [6.45, 7) is 0. The van der Waals surface area contributed by atoms with Gasteiger partial charge in [-0.15, -0.1) is 0 Å². The first-order chi connectivity index (χ1) is 9.06. The van der Waals surface area contributed by atoms with Gasteiger partial charge in [-0.1, -0.05) is 11.6 Å².